The molecule has 1 aliphatic rings. The van der Waals surface area contributed by atoms with E-state index in [1.165, 1.54) is 23.0 Å². The molecule has 0 bridgehead atoms. The van der Waals surface area contributed by atoms with Crippen molar-refractivity contribution in [1.29, 1.82) is 0 Å². The summed E-state index contributed by atoms with van der Waals surface area (Å²) in [5.41, 5.74) is -0.484. The Labute approximate surface area is 129 Å². The average Bonchev–Trinajstić information content (AvgIpc) is 3.15. The van der Waals surface area contributed by atoms with Gasteiger partial charge in [0.25, 0.3) is 0 Å². The van der Waals surface area contributed by atoms with E-state index in [-0.39, 0.29) is 24.0 Å². The van der Waals surface area contributed by atoms with Crippen LogP contribution in [0.15, 0.2) is 30.6 Å². The number of aromatic nitrogens is 2. The van der Waals surface area contributed by atoms with Crippen LogP contribution in [0.5, 0.6) is 5.75 Å². The highest BCUT2D eigenvalue weighted by Gasteiger charge is 2.36. The third kappa shape index (κ3) is 3.64. The molecule has 8 heteroatoms. The van der Waals surface area contributed by atoms with E-state index in [2.05, 4.69) is 5.10 Å². The predicted molar refractivity (Wildman–Crippen MR) is 73.4 cm³/mol. The normalized spacial score (nSPS) is 14.7. The van der Waals surface area contributed by atoms with Gasteiger partial charge in [0.2, 0.25) is 0 Å². The molecule has 1 aliphatic carbocycles. The van der Waals surface area contributed by atoms with Crippen LogP contribution in [0.4, 0.5) is 13.2 Å². The monoisotopic (exact) mass is 326 g/mol. The first-order chi connectivity index (χ1) is 10.8. The van der Waals surface area contributed by atoms with Gasteiger partial charge in [0.1, 0.15) is 5.75 Å². The zero-order valence-electron chi connectivity index (χ0n) is 11.9. The third-order valence-corrected chi connectivity index (χ3v) is 3.39. The Kier molecular flexibility index (Phi) is 3.75. The fraction of sp³-hybridized carbons (Fsp3) is 0.333. The lowest BCUT2D eigenvalue weighted by molar-refractivity contribution is -0.139. The summed E-state index contributed by atoms with van der Waals surface area (Å²) >= 11 is 0. The first-order valence-corrected chi connectivity index (χ1v) is 6.95. The smallest absolute Gasteiger partial charge is 0.419 e. The zero-order valence-corrected chi connectivity index (χ0v) is 11.9. The summed E-state index contributed by atoms with van der Waals surface area (Å²) in [6.45, 7) is 0.0417. The minimum absolute atomic E-state index is 0.0188. The molecule has 1 heterocycles. The van der Waals surface area contributed by atoms with Gasteiger partial charge in [-0.3, -0.25) is 4.68 Å². The number of hydrogen-bond acceptors (Lipinski definition) is 3. The van der Waals surface area contributed by atoms with Gasteiger partial charge in [0.15, 0.2) is 0 Å². The highest BCUT2D eigenvalue weighted by Crippen LogP contribution is 2.39. The summed E-state index contributed by atoms with van der Waals surface area (Å²) in [7, 11) is 0. The summed E-state index contributed by atoms with van der Waals surface area (Å²) < 4.78 is 46.1. The van der Waals surface area contributed by atoms with Crippen molar-refractivity contribution in [2.75, 3.05) is 0 Å². The van der Waals surface area contributed by atoms with Gasteiger partial charge in [-0.1, -0.05) is 6.07 Å². The van der Waals surface area contributed by atoms with E-state index in [4.69, 9.17) is 9.84 Å². The Morgan fingerprint density at radius 3 is 2.70 bits per heavy atom. The fourth-order valence-electron chi connectivity index (χ4n) is 2.11. The largest absolute Gasteiger partial charge is 0.490 e. The lowest BCUT2D eigenvalue weighted by Crippen LogP contribution is -2.11. The molecule has 3 rings (SSSR count). The molecular weight excluding hydrogens is 313 g/mol. The van der Waals surface area contributed by atoms with E-state index in [1.54, 1.807) is 0 Å². The van der Waals surface area contributed by atoms with Gasteiger partial charge in [-0.15, -0.1) is 0 Å². The Morgan fingerprint density at radius 1 is 1.39 bits per heavy atom. The van der Waals surface area contributed by atoms with Crippen LogP contribution >= 0.6 is 0 Å². The number of alkyl halides is 3. The second kappa shape index (κ2) is 5.60. The number of rotatable bonds is 5. The second-order valence-electron chi connectivity index (χ2n) is 5.38. The SMILES string of the molecule is O=C(O)c1cnn(Cc2ccc(OC3CC3)c(C(F)(F)F)c2)c1. The second-order valence-corrected chi connectivity index (χ2v) is 5.38. The van der Waals surface area contributed by atoms with Crippen molar-refractivity contribution in [2.24, 2.45) is 0 Å². The quantitative estimate of drug-likeness (QED) is 0.916. The molecule has 1 saturated carbocycles. The van der Waals surface area contributed by atoms with Gasteiger partial charge >= 0.3 is 12.1 Å². The van der Waals surface area contributed by atoms with E-state index in [1.807, 2.05) is 0 Å². The Bertz CT molecular complexity index is 736. The maximum Gasteiger partial charge on any atom is 0.419 e. The van der Waals surface area contributed by atoms with Gasteiger partial charge in [-0.05, 0) is 30.5 Å². The first-order valence-electron chi connectivity index (χ1n) is 6.95. The Balaban J connectivity index is 1.85. The molecule has 0 saturated heterocycles. The molecule has 0 aliphatic heterocycles. The molecule has 23 heavy (non-hydrogen) atoms. The number of carbonyl (C=O) groups is 1. The fourth-order valence-corrected chi connectivity index (χ4v) is 2.11. The molecule has 1 aromatic carbocycles. The van der Waals surface area contributed by atoms with Gasteiger partial charge in [-0.25, -0.2) is 4.79 Å². The van der Waals surface area contributed by atoms with Crippen molar-refractivity contribution in [3.8, 4) is 5.75 Å². The van der Waals surface area contributed by atoms with Crippen LogP contribution in [-0.2, 0) is 12.7 Å². The number of hydrogen-bond donors (Lipinski definition) is 1. The lowest BCUT2D eigenvalue weighted by Gasteiger charge is -2.15. The van der Waals surface area contributed by atoms with E-state index in [9.17, 15) is 18.0 Å². The summed E-state index contributed by atoms with van der Waals surface area (Å²) in [6, 6.07) is 3.84. The highest BCUT2D eigenvalue weighted by molar-refractivity contribution is 5.86. The maximum atomic E-state index is 13.2. The molecule has 1 aromatic heterocycles. The number of halogens is 3. The van der Waals surface area contributed by atoms with E-state index in [0.29, 0.717) is 5.56 Å². The predicted octanol–water partition coefficient (Wildman–Crippen LogP) is 3.19. The summed E-state index contributed by atoms with van der Waals surface area (Å²) in [5.74, 6) is -1.31. The number of nitrogens with zero attached hydrogens (tertiary/aromatic N) is 2. The molecule has 5 nitrogen and oxygen atoms in total. The van der Waals surface area contributed by atoms with Crippen molar-refractivity contribution < 1.29 is 27.8 Å². The average molecular weight is 326 g/mol. The van der Waals surface area contributed by atoms with E-state index in [0.717, 1.165) is 25.1 Å². The molecular formula is C15H13F3N2O3. The standard InChI is InChI=1S/C15H13F3N2O3/c16-15(17,18)12-5-9(1-4-13(12)23-11-2-3-11)7-20-8-10(6-19-20)14(21)22/h1,4-6,8,11H,2-3,7H2,(H,21,22). The van der Waals surface area contributed by atoms with Gasteiger partial charge in [0.05, 0.1) is 30.0 Å². The number of aromatic carboxylic acids is 1. The van der Waals surface area contributed by atoms with Crippen LogP contribution < -0.4 is 4.74 Å². The topological polar surface area (TPSA) is 64.3 Å². The molecule has 0 radical (unpaired) electrons. The van der Waals surface area contributed by atoms with Crippen molar-refractivity contribution in [1.82, 2.24) is 9.78 Å². The van der Waals surface area contributed by atoms with Crippen LogP contribution in [0.2, 0.25) is 0 Å². The van der Waals surface area contributed by atoms with Gasteiger partial charge in [-0.2, -0.15) is 18.3 Å². The first kappa shape index (κ1) is 15.4. The van der Waals surface area contributed by atoms with Crippen LogP contribution in [0, 0.1) is 0 Å². The van der Waals surface area contributed by atoms with Crippen LogP contribution in [0.25, 0.3) is 0 Å². The molecule has 122 valence electrons. The number of ether oxygens (including phenoxy) is 1. The maximum absolute atomic E-state index is 13.2. The minimum Gasteiger partial charge on any atom is -0.490 e. The highest BCUT2D eigenvalue weighted by atomic mass is 19.4. The van der Waals surface area contributed by atoms with Crippen molar-refractivity contribution >= 4 is 5.97 Å². The number of carboxylic acid groups (broad SMARTS) is 1. The molecule has 1 N–H and O–H groups in total. The van der Waals surface area contributed by atoms with E-state index >= 15 is 0 Å². The molecule has 0 spiro atoms. The van der Waals surface area contributed by atoms with Crippen molar-refractivity contribution in [3.05, 3.63) is 47.3 Å². The number of carboxylic acids is 1. The third-order valence-electron chi connectivity index (χ3n) is 3.39. The van der Waals surface area contributed by atoms with Gasteiger partial charge < -0.3 is 9.84 Å². The Morgan fingerprint density at radius 2 is 2.13 bits per heavy atom. The van der Waals surface area contributed by atoms with Crippen LogP contribution in [0.1, 0.15) is 34.3 Å². The Hall–Kier alpha value is -2.51. The molecule has 1 fully saturated rings. The van der Waals surface area contributed by atoms with Crippen molar-refractivity contribution in [2.45, 2.75) is 31.7 Å². The lowest BCUT2D eigenvalue weighted by atomic mass is 10.1. The zero-order chi connectivity index (χ0) is 16.6. The summed E-state index contributed by atoms with van der Waals surface area (Å²) in [6.07, 6.45) is -0.696. The number of benzene rings is 1. The van der Waals surface area contributed by atoms with Crippen molar-refractivity contribution in [3.63, 3.8) is 0 Å². The molecule has 0 amide bonds. The summed E-state index contributed by atoms with van der Waals surface area (Å²) in [5, 5.41) is 12.7. The van der Waals surface area contributed by atoms with Crippen LogP contribution in [-0.4, -0.2) is 27.0 Å². The minimum atomic E-state index is -4.52. The van der Waals surface area contributed by atoms with E-state index < -0.39 is 17.7 Å². The van der Waals surface area contributed by atoms with Gasteiger partial charge in [0, 0.05) is 6.20 Å². The molecule has 2 aromatic rings. The summed E-state index contributed by atoms with van der Waals surface area (Å²) in [4.78, 5) is 10.8. The molecule has 0 atom stereocenters. The van der Waals surface area contributed by atoms with Crippen LogP contribution in [0.3, 0.4) is 0 Å². The molecule has 0 unspecified atom stereocenters.